The van der Waals surface area contributed by atoms with Crippen LogP contribution in [0.5, 0.6) is 0 Å². The van der Waals surface area contributed by atoms with Crippen molar-refractivity contribution in [3.05, 3.63) is 199 Å². The number of allylic oxidation sites excluding steroid dienone is 2. The highest BCUT2D eigenvalue weighted by Gasteiger charge is 2.21. The van der Waals surface area contributed by atoms with Crippen molar-refractivity contribution in [3.63, 3.8) is 0 Å². The Bertz CT molecular complexity index is 3090. The highest BCUT2D eigenvalue weighted by atomic mass is 16.3. The zero-order chi connectivity index (χ0) is 38.1. The Hall–Kier alpha value is -7.37. The third kappa shape index (κ3) is 6.29. The SMILES string of the molecule is C=N/C(=N\C(=N/CC1=CCCC=C1)c1cccc2oc3c(-n4c5ccccc5c5cc(-c6ccccc6)ccc54)cccc3c12)c1ccc(-c2ccccc2)cc1. The van der Waals surface area contributed by atoms with Crippen LogP contribution in [0.25, 0.3) is 71.7 Å². The first kappa shape index (κ1) is 34.1. The Morgan fingerprint density at radius 3 is 2.05 bits per heavy atom. The summed E-state index contributed by atoms with van der Waals surface area (Å²) in [5.74, 6) is 1.08. The Morgan fingerprint density at radius 2 is 1.28 bits per heavy atom. The number of nitrogens with zero attached hydrogens (tertiary/aromatic N) is 4. The van der Waals surface area contributed by atoms with Crippen molar-refractivity contribution in [1.29, 1.82) is 0 Å². The molecule has 0 fully saturated rings. The van der Waals surface area contributed by atoms with Gasteiger partial charge in [-0.1, -0.05) is 152 Å². The highest BCUT2D eigenvalue weighted by Crippen LogP contribution is 2.40. The van der Waals surface area contributed by atoms with E-state index >= 15 is 0 Å². The summed E-state index contributed by atoms with van der Waals surface area (Å²) in [5, 5.41) is 4.33. The highest BCUT2D eigenvalue weighted by molar-refractivity contribution is 6.22. The lowest BCUT2D eigenvalue weighted by Crippen LogP contribution is -2.07. The molecule has 0 saturated carbocycles. The summed E-state index contributed by atoms with van der Waals surface area (Å²) >= 11 is 0. The largest absolute Gasteiger partial charge is 0.454 e. The van der Waals surface area contributed by atoms with Crippen molar-refractivity contribution in [2.75, 3.05) is 6.54 Å². The van der Waals surface area contributed by atoms with Crippen molar-refractivity contribution in [1.82, 2.24) is 4.57 Å². The summed E-state index contributed by atoms with van der Waals surface area (Å²) in [6.45, 7) is 4.45. The fourth-order valence-electron chi connectivity index (χ4n) is 8.10. The molecule has 0 N–H and O–H groups in total. The van der Waals surface area contributed by atoms with Crippen LogP contribution in [0.3, 0.4) is 0 Å². The second-order valence-corrected chi connectivity index (χ2v) is 14.3. The maximum absolute atomic E-state index is 6.87. The number of aliphatic imine (C=N–C) groups is 3. The number of para-hydroxylation sites is 2. The van der Waals surface area contributed by atoms with Gasteiger partial charge in [-0.05, 0) is 77.7 Å². The molecular weight excluding hydrogens is 697 g/mol. The summed E-state index contributed by atoms with van der Waals surface area (Å²) in [4.78, 5) is 14.8. The number of hydrogen-bond donors (Lipinski definition) is 0. The van der Waals surface area contributed by atoms with Gasteiger partial charge in [0.1, 0.15) is 5.58 Å². The summed E-state index contributed by atoms with van der Waals surface area (Å²) in [6, 6.07) is 57.1. The van der Waals surface area contributed by atoms with Gasteiger partial charge < -0.3 is 8.98 Å². The van der Waals surface area contributed by atoms with E-state index in [9.17, 15) is 0 Å². The standard InChI is InChI=1S/C52H38N4O/c1-53-51(39-29-27-38(28-30-39)36-17-7-3-8-18-36)55-52(54-34-35-15-5-2-6-16-35)43-23-14-26-48-49(43)42-22-13-25-47(50(42)57-48)56-45-24-12-11-21-41(45)44-33-40(31-32-46(44)56)37-19-9-4-10-20-37/h3-5,7-33H,1-2,6,34H2/b54-52-,55-51-. The Balaban J connectivity index is 1.14. The van der Waals surface area contributed by atoms with Gasteiger partial charge in [0.05, 0.1) is 23.3 Å². The van der Waals surface area contributed by atoms with Crippen LogP contribution >= 0.6 is 0 Å². The Labute approximate surface area is 331 Å². The number of fused-ring (bicyclic) bond motifs is 6. The van der Waals surface area contributed by atoms with Gasteiger partial charge in [-0.2, -0.15) is 0 Å². The van der Waals surface area contributed by atoms with E-state index in [2.05, 4.69) is 180 Å². The molecular formula is C52H38N4O. The molecule has 1 aliphatic carbocycles. The molecule has 0 aliphatic heterocycles. The van der Waals surface area contributed by atoms with Gasteiger partial charge >= 0.3 is 0 Å². The number of benzene rings is 7. The fourth-order valence-corrected chi connectivity index (χ4v) is 8.10. The van der Waals surface area contributed by atoms with Crippen LogP contribution in [0.2, 0.25) is 0 Å². The van der Waals surface area contributed by atoms with Crippen molar-refractivity contribution in [3.8, 4) is 27.9 Å². The number of amidine groups is 2. The lowest BCUT2D eigenvalue weighted by molar-refractivity contribution is 0.666. The van der Waals surface area contributed by atoms with E-state index in [1.165, 1.54) is 27.5 Å². The monoisotopic (exact) mass is 734 g/mol. The maximum atomic E-state index is 6.87. The van der Waals surface area contributed by atoms with E-state index in [0.717, 1.165) is 73.8 Å². The van der Waals surface area contributed by atoms with Crippen LogP contribution in [0.1, 0.15) is 24.0 Å². The minimum atomic E-state index is 0.496. The fraction of sp³-hybridized carbons (Fsp3) is 0.0577. The summed E-state index contributed by atoms with van der Waals surface area (Å²) in [5.41, 5.74) is 12.3. The van der Waals surface area contributed by atoms with Crippen LogP contribution in [-0.2, 0) is 0 Å². The molecule has 7 aromatic carbocycles. The van der Waals surface area contributed by atoms with Crippen molar-refractivity contribution in [2.24, 2.45) is 15.0 Å². The predicted octanol–water partition coefficient (Wildman–Crippen LogP) is 13.2. The third-order valence-corrected chi connectivity index (χ3v) is 10.9. The molecule has 0 atom stereocenters. The number of hydrogen-bond acceptors (Lipinski definition) is 2. The van der Waals surface area contributed by atoms with Crippen molar-refractivity contribution in [2.45, 2.75) is 12.8 Å². The van der Waals surface area contributed by atoms with Crippen LogP contribution in [0.15, 0.2) is 207 Å². The molecule has 5 nitrogen and oxygen atoms in total. The van der Waals surface area contributed by atoms with E-state index < -0.39 is 0 Å². The first-order valence-corrected chi connectivity index (χ1v) is 19.4. The molecule has 0 radical (unpaired) electrons. The smallest absolute Gasteiger partial charge is 0.161 e. The molecule has 272 valence electrons. The lowest BCUT2D eigenvalue weighted by Gasteiger charge is -2.10. The summed E-state index contributed by atoms with van der Waals surface area (Å²) < 4.78 is 9.20. The molecule has 0 unspecified atom stereocenters. The van der Waals surface area contributed by atoms with E-state index in [4.69, 9.17) is 14.4 Å². The average Bonchev–Trinajstić information content (AvgIpc) is 3.83. The molecule has 10 rings (SSSR count). The van der Waals surface area contributed by atoms with E-state index in [-0.39, 0.29) is 0 Å². The molecule has 0 saturated heterocycles. The average molecular weight is 735 g/mol. The minimum Gasteiger partial charge on any atom is -0.454 e. The first-order valence-electron chi connectivity index (χ1n) is 19.4. The predicted molar refractivity (Wildman–Crippen MR) is 239 cm³/mol. The van der Waals surface area contributed by atoms with Crippen LogP contribution in [0, 0.1) is 0 Å². The van der Waals surface area contributed by atoms with Gasteiger partial charge in [0.2, 0.25) is 0 Å². The zero-order valence-corrected chi connectivity index (χ0v) is 31.3. The molecule has 0 spiro atoms. The van der Waals surface area contributed by atoms with Crippen molar-refractivity contribution >= 4 is 62.1 Å². The molecule has 57 heavy (non-hydrogen) atoms. The second-order valence-electron chi connectivity index (χ2n) is 14.3. The molecule has 5 heteroatoms. The van der Waals surface area contributed by atoms with Gasteiger partial charge in [-0.15, -0.1) is 0 Å². The topological polar surface area (TPSA) is 55.1 Å². The van der Waals surface area contributed by atoms with E-state index in [0.29, 0.717) is 18.2 Å². The number of aromatic nitrogens is 1. The molecule has 1 aliphatic rings. The van der Waals surface area contributed by atoms with Crippen LogP contribution in [-0.4, -0.2) is 29.5 Å². The number of rotatable bonds is 7. The van der Waals surface area contributed by atoms with Gasteiger partial charge in [0.25, 0.3) is 0 Å². The van der Waals surface area contributed by atoms with Gasteiger partial charge in [0.15, 0.2) is 17.3 Å². The van der Waals surface area contributed by atoms with Crippen molar-refractivity contribution < 1.29 is 4.42 Å². The zero-order valence-electron chi connectivity index (χ0n) is 31.3. The number of furan rings is 1. The minimum absolute atomic E-state index is 0.496. The van der Waals surface area contributed by atoms with E-state index in [1.807, 2.05) is 18.2 Å². The normalized spacial score (nSPS) is 13.5. The first-order chi connectivity index (χ1) is 28.2. The Morgan fingerprint density at radius 1 is 0.596 bits per heavy atom. The lowest BCUT2D eigenvalue weighted by atomic mass is 10.0. The molecule has 9 aromatic rings. The molecule has 0 bridgehead atoms. The second kappa shape index (κ2) is 14.7. The van der Waals surface area contributed by atoms with E-state index in [1.54, 1.807) is 0 Å². The molecule has 2 heterocycles. The maximum Gasteiger partial charge on any atom is 0.161 e. The molecule has 2 aromatic heterocycles. The summed E-state index contributed by atoms with van der Waals surface area (Å²) in [7, 11) is 0. The van der Waals surface area contributed by atoms with Gasteiger partial charge in [-0.25, -0.2) is 9.98 Å². The van der Waals surface area contributed by atoms with Gasteiger partial charge in [-0.3, -0.25) is 4.99 Å². The van der Waals surface area contributed by atoms with Crippen LogP contribution in [0.4, 0.5) is 0 Å². The van der Waals surface area contributed by atoms with Crippen LogP contribution < -0.4 is 0 Å². The summed E-state index contributed by atoms with van der Waals surface area (Å²) in [6.07, 6.45) is 8.69. The van der Waals surface area contributed by atoms with Gasteiger partial charge in [0, 0.05) is 32.7 Å². The Kier molecular flexibility index (Phi) is 8.81. The molecule has 0 amide bonds. The third-order valence-electron chi connectivity index (χ3n) is 10.9. The quantitative estimate of drug-likeness (QED) is 0.119.